The Morgan fingerprint density at radius 3 is 1.72 bits per heavy atom. The van der Waals surface area contributed by atoms with Crippen molar-refractivity contribution in [1.29, 1.82) is 0 Å². The zero-order valence-electron chi connectivity index (χ0n) is 27.2. The van der Waals surface area contributed by atoms with Crippen LogP contribution in [0.25, 0.3) is 0 Å². The second-order valence-corrected chi connectivity index (χ2v) is 14.1. The molecule has 18 heteroatoms. The number of unbranched alkanes of at least 4 members (excludes halogenated alkanes) is 9. The van der Waals surface area contributed by atoms with Crippen LogP contribution in [-0.2, 0) is 41.8 Å². The maximum atomic E-state index is 12.7. The molecule has 3 unspecified atom stereocenters. The number of esters is 2. The number of rotatable bonds is 25. The van der Waals surface area contributed by atoms with E-state index in [2.05, 4.69) is 11.4 Å². The number of phosphoric ester groups is 2. The predicted octanol–water partition coefficient (Wildman–Crippen LogP) is 2.94. The molecule has 0 heterocycles. The maximum absolute atomic E-state index is 12.7. The molecule has 1 aliphatic carbocycles. The smallest absolute Gasteiger partial charge is 0.462 e. The molecule has 7 N–H and O–H groups in total. The zero-order chi connectivity index (χ0) is 35.5. The van der Waals surface area contributed by atoms with Crippen molar-refractivity contribution < 1.29 is 76.9 Å². The van der Waals surface area contributed by atoms with Gasteiger partial charge in [-0.1, -0.05) is 77.4 Å². The fourth-order valence-electron chi connectivity index (χ4n) is 4.80. The summed E-state index contributed by atoms with van der Waals surface area (Å²) in [5, 5.41) is 40.9. The average Bonchev–Trinajstić information content (AvgIpc) is 3.00. The van der Waals surface area contributed by atoms with Gasteiger partial charge in [-0.15, -0.1) is 0 Å². The number of hydrogen-bond donors (Lipinski definition) is 7. The van der Waals surface area contributed by atoms with E-state index in [1.165, 1.54) is 25.7 Å². The summed E-state index contributed by atoms with van der Waals surface area (Å²) in [6.07, 6.45) is 0.597. The largest absolute Gasteiger partial charge is 0.472 e. The molecular formula is C29H54O16P2. The highest BCUT2D eigenvalue weighted by atomic mass is 31.2. The molecule has 1 saturated carbocycles. The summed E-state index contributed by atoms with van der Waals surface area (Å²) in [5.74, 6) is -1.25. The van der Waals surface area contributed by atoms with Crippen LogP contribution >= 0.6 is 15.6 Å². The standard InChI is InChI=1S/C29H54O16P2/c1-3-5-7-9-10-11-12-14-15-17-22(30)41-19-21(43-23(31)18-16-13-8-6-4-2)20-42-47(39,40)45-29-26(34)24(32)28(25(33)27(29)35)44-46(36,37)38/h6,8,21,24-29,32-35H,3-5,7,9-20H2,1-2H3,(H,39,40)(H2,36,37,38)/b8-6+/t21-,24-,25+,26-,27-,28?,29?/m1/s1. The van der Waals surface area contributed by atoms with Crippen LogP contribution in [0.5, 0.6) is 0 Å². The molecular weight excluding hydrogens is 666 g/mol. The normalized spacial score (nSPS) is 25.4. The van der Waals surface area contributed by atoms with E-state index in [0.29, 0.717) is 19.3 Å². The lowest BCUT2D eigenvalue weighted by Crippen LogP contribution is -2.64. The van der Waals surface area contributed by atoms with Gasteiger partial charge in [0.15, 0.2) is 6.10 Å². The van der Waals surface area contributed by atoms with Crippen molar-refractivity contribution >= 4 is 27.6 Å². The Morgan fingerprint density at radius 2 is 1.19 bits per heavy atom. The summed E-state index contributed by atoms with van der Waals surface area (Å²) in [6, 6.07) is 0. The average molecular weight is 721 g/mol. The quantitative estimate of drug-likeness (QED) is 0.0310. The third-order valence-electron chi connectivity index (χ3n) is 7.35. The van der Waals surface area contributed by atoms with Gasteiger partial charge in [0.1, 0.15) is 43.2 Å². The number of allylic oxidation sites excluding steroid dienone is 2. The van der Waals surface area contributed by atoms with Crippen molar-refractivity contribution in [2.75, 3.05) is 13.2 Å². The van der Waals surface area contributed by atoms with Gasteiger partial charge in [0.05, 0.1) is 6.61 Å². The molecule has 1 aliphatic rings. The van der Waals surface area contributed by atoms with Crippen LogP contribution in [0, 0.1) is 0 Å². The van der Waals surface area contributed by atoms with Crippen LogP contribution in [0.15, 0.2) is 12.2 Å². The highest BCUT2D eigenvalue weighted by Gasteiger charge is 2.54. The van der Waals surface area contributed by atoms with Gasteiger partial charge in [-0.2, -0.15) is 0 Å². The Bertz CT molecular complexity index is 1000. The molecule has 0 aromatic rings. The van der Waals surface area contributed by atoms with Gasteiger partial charge in [-0.25, -0.2) is 9.13 Å². The number of carbonyl (C=O) groups is 2. The third kappa shape index (κ3) is 18.9. The monoisotopic (exact) mass is 720 g/mol. The summed E-state index contributed by atoms with van der Waals surface area (Å²) in [4.78, 5) is 53.0. The first-order valence-electron chi connectivity index (χ1n) is 16.2. The molecule has 47 heavy (non-hydrogen) atoms. The molecule has 0 amide bonds. The number of phosphoric acid groups is 2. The van der Waals surface area contributed by atoms with Crippen molar-refractivity contribution in [2.24, 2.45) is 0 Å². The Balaban J connectivity index is 2.73. The SMILES string of the molecule is CC/C=C/CCCC(=O)O[C@H](COC(=O)CCCCCCCCCCC)COP(=O)(O)OC1[C@H](O)[C@H](O)C(OP(=O)(O)O)[C@H](O)[C@H]1O. The molecule has 16 nitrogen and oxygen atoms in total. The highest BCUT2D eigenvalue weighted by Crippen LogP contribution is 2.48. The predicted molar refractivity (Wildman–Crippen MR) is 168 cm³/mol. The maximum Gasteiger partial charge on any atom is 0.472 e. The molecule has 0 aromatic carbocycles. The third-order valence-corrected chi connectivity index (χ3v) is 8.85. The number of hydrogen-bond acceptors (Lipinski definition) is 13. The van der Waals surface area contributed by atoms with E-state index in [-0.39, 0.29) is 12.8 Å². The van der Waals surface area contributed by atoms with Crippen molar-refractivity contribution in [2.45, 2.75) is 146 Å². The van der Waals surface area contributed by atoms with E-state index in [4.69, 9.17) is 28.3 Å². The topological polar surface area (TPSA) is 256 Å². The summed E-state index contributed by atoms with van der Waals surface area (Å²) >= 11 is 0. The zero-order valence-corrected chi connectivity index (χ0v) is 29.0. The van der Waals surface area contributed by atoms with Crippen molar-refractivity contribution in [1.82, 2.24) is 0 Å². The van der Waals surface area contributed by atoms with E-state index in [9.17, 15) is 44.0 Å². The van der Waals surface area contributed by atoms with Crippen LogP contribution in [0.3, 0.4) is 0 Å². The molecule has 1 fully saturated rings. The molecule has 0 radical (unpaired) electrons. The van der Waals surface area contributed by atoms with Gasteiger partial charge < -0.3 is 44.6 Å². The highest BCUT2D eigenvalue weighted by molar-refractivity contribution is 7.47. The molecule has 276 valence electrons. The van der Waals surface area contributed by atoms with Crippen LogP contribution in [0.2, 0.25) is 0 Å². The van der Waals surface area contributed by atoms with Crippen LogP contribution in [0.1, 0.15) is 104 Å². The number of carbonyl (C=O) groups excluding carboxylic acids is 2. The van der Waals surface area contributed by atoms with E-state index < -0.39 is 83.5 Å². The van der Waals surface area contributed by atoms with E-state index in [1.807, 2.05) is 19.1 Å². The summed E-state index contributed by atoms with van der Waals surface area (Å²) in [5.41, 5.74) is 0. The van der Waals surface area contributed by atoms with Gasteiger partial charge >= 0.3 is 27.6 Å². The second-order valence-electron chi connectivity index (χ2n) is 11.5. The lowest BCUT2D eigenvalue weighted by atomic mass is 9.85. The molecule has 1 rings (SSSR count). The van der Waals surface area contributed by atoms with Crippen molar-refractivity contribution in [3.05, 3.63) is 12.2 Å². The van der Waals surface area contributed by atoms with Crippen LogP contribution < -0.4 is 0 Å². The van der Waals surface area contributed by atoms with Crippen molar-refractivity contribution in [3.63, 3.8) is 0 Å². The van der Waals surface area contributed by atoms with Gasteiger partial charge in [0.25, 0.3) is 0 Å². The minimum atomic E-state index is -5.29. The van der Waals surface area contributed by atoms with Crippen molar-refractivity contribution in [3.8, 4) is 0 Å². The van der Waals surface area contributed by atoms with E-state index in [1.54, 1.807) is 0 Å². The first-order chi connectivity index (χ1) is 22.1. The first kappa shape index (κ1) is 43.8. The van der Waals surface area contributed by atoms with Gasteiger partial charge in [-0.05, 0) is 25.7 Å². The molecule has 0 aromatic heterocycles. The lowest BCUT2D eigenvalue weighted by Gasteiger charge is -2.43. The number of ether oxygens (including phenoxy) is 2. The Labute approximate surface area is 276 Å². The Morgan fingerprint density at radius 1 is 0.681 bits per heavy atom. The fourth-order valence-corrected chi connectivity index (χ4v) is 6.34. The van der Waals surface area contributed by atoms with Crippen LogP contribution in [0.4, 0.5) is 0 Å². The Hall–Kier alpha value is -1.26. The molecule has 0 spiro atoms. The summed E-state index contributed by atoms with van der Waals surface area (Å²) < 4.78 is 48.3. The number of aliphatic hydroxyl groups is 4. The van der Waals surface area contributed by atoms with Gasteiger partial charge in [0, 0.05) is 12.8 Å². The lowest BCUT2D eigenvalue weighted by molar-refractivity contribution is -0.216. The number of aliphatic hydroxyl groups excluding tert-OH is 4. The Kier molecular flexibility index (Phi) is 21.6. The molecule has 0 bridgehead atoms. The summed E-state index contributed by atoms with van der Waals surface area (Å²) in [6.45, 7) is 2.79. The van der Waals surface area contributed by atoms with Crippen LogP contribution in [-0.4, -0.2) is 103 Å². The minimum Gasteiger partial charge on any atom is -0.462 e. The van der Waals surface area contributed by atoms with Gasteiger partial charge in [-0.3, -0.25) is 23.2 Å². The van der Waals surface area contributed by atoms with E-state index in [0.717, 1.165) is 32.1 Å². The molecule has 0 saturated heterocycles. The minimum absolute atomic E-state index is 0.00167. The summed E-state index contributed by atoms with van der Waals surface area (Å²) in [7, 11) is -10.5. The fraction of sp³-hybridized carbons (Fsp3) is 0.862. The molecule has 8 atom stereocenters. The van der Waals surface area contributed by atoms with E-state index >= 15 is 0 Å². The second kappa shape index (κ2) is 23.2. The van der Waals surface area contributed by atoms with Gasteiger partial charge in [0.2, 0.25) is 0 Å². The molecule has 0 aliphatic heterocycles. The first-order valence-corrected chi connectivity index (χ1v) is 19.3.